The Hall–Kier alpha value is -2.43. The lowest BCUT2D eigenvalue weighted by atomic mass is 10.2. The van der Waals surface area contributed by atoms with Gasteiger partial charge in [-0.15, -0.1) is 0 Å². The molecule has 0 bridgehead atoms. The monoisotopic (exact) mass is 287 g/mol. The predicted molar refractivity (Wildman–Crippen MR) is 82.1 cm³/mol. The van der Waals surface area contributed by atoms with E-state index in [-0.39, 0.29) is 11.7 Å². The molecule has 2 N–H and O–H groups in total. The van der Waals surface area contributed by atoms with Crippen LogP contribution in [0.4, 0.5) is 15.8 Å². The van der Waals surface area contributed by atoms with E-state index in [4.69, 9.17) is 0 Å². The number of anilines is 2. The van der Waals surface area contributed by atoms with Crippen LogP contribution < -0.4 is 10.6 Å². The van der Waals surface area contributed by atoms with Gasteiger partial charge in [-0.05, 0) is 49.2 Å². The second kappa shape index (κ2) is 6.83. The van der Waals surface area contributed by atoms with Crippen molar-refractivity contribution in [2.45, 2.75) is 20.3 Å². The first-order valence-corrected chi connectivity index (χ1v) is 6.87. The number of aryl methyl sites for hydroxylation is 1. The van der Waals surface area contributed by atoms with Crippen LogP contribution in [0.15, 0.2) is 36.5 Å². The molecular weight excluding hydrogens is 269 g/mol. The molecule has 0 saturated heterocycles. The number of pyridine rings is 1. The van der Waals surface area contributed by atoms with Gasteiger partial charge < -0.3 is 10.6 Å². The quantitative estimate of drug-likeness (QED) is 0.883. The van der Waals surface area contributed by atoms with Crippen molar-refractivity contribution in [3.63, 3.8) is 0 Å². The summed E-state index contributed by atoms with van der Waals surface area (Å²) < 4.78 is 13.3. The Kier molecular flexibility index (Phi) is 4.87. The van der Waals surface area contributed by atoms with Gasteiger partial charge in [-0.2, -0.15) is 0 Å². The molecule has 1 amide bonds. The van der Waals surface area contributed by atoms with Gasteiger partial charge in [0.05, 0.1) is 11.9 Å². The third kappa shape index (κ3) is 4.27. The molecule has 2 rings (SSSR count). The van der Waals surface area contributed by atoms with E-state index in [0.29, 0.717) is 11.4 Å². The van der Waals surface area contributed by atoms with Gasteiger partial charge >= 0.3 is 0 Å². The van der Waals surface area contributed by atoms with E-state index in [2.05, 4.69) is 22.5 Å². The van der Waals surface area contributed by atoms with Crippen molar-refractivity contribution in [3.05, 3.63) is 53.6 Å². The zero-order valence-electron chi connectivity index (χ0n) is 12.1. The van der Waals surface area contributed by atoms with E-state index in [1.807, 2.05) is 0 Å². The summed E-state index contributed by atoms with van der Waals surface area (Å²) in [4.78, 5) is 16.1. The minimum atomic E-state index is -0.377. The highest BCUT2D eigenvalue weighted by Crippen LogP contribution is 2.14. The molecular formula is C16H18FN3O. The summed E-state index contributed by atoms with van der Waals surface area (Å²) in [5.74, 6) is -0.737. The third-order valence-electron chi connectivity index (χ3n) is 2.88. The van der Waals surface area contributed by atoms with Crippen LogP contribution in [0.3, 0.4) is 0 Å². The predicted octanol–water partition coefficient (Wildman–Crippen LogP) is 3.60. The van der Waals surface area contributed by atoms with Crippen molar-refractivity contribution < 1.29 is 9.18 Å². The summed E-state index contributed by atoms with van der Waals surface area (Å²) in [5.41, 5.74) is 2.33. The van der Waals surface area contributed by atoms with Gasteiger partial charge in [0.25, 0.3) is 5.91 Å². The van der Waals surface area contributed by atoms with Crippen molar-refractivity contribution in [1.29, 1.82) is 0 Å². The molecule has 1 aromatic heterocycles. The van der Waals surface area contributed by atoms with Crippen molar-refractivity contribution >= 4 is 17.3 Å². The van der Waals surface area contributed by atoms with Crippen molar-refractivity contribution in [2.75, 3.05) is 17.2 Å². The maximum absolute atomic E-state index is 13.3. The maximum Gasteiger partial charge on any atom is 0.274 e. The Morgan fingerprint density at radius 1 is 1.24 bits per heavy atom. The minimum absolute atomic E-state index is 0.291. The standard InChI is InChI=1S/C16H18FN3O/c1-3-6-18-13-4-5-15(19-10-13)16(21)20-14-8-11(2)7-12(17)9-14/h4-5,7-10,18H,3,6H2,1-2H3,(H,20,21). The fourth-order valence-corrected chi connectivity index (χ4v) is 1.91. The molecule has 21 heavy (non-hydrogen) atoms. The minimum Gasteiger partial charge on any atom is -0.384 e. The van der Waals surface area contributed by atoms with E-state index in [1.165, 1.54) is 12.1 Å². The highest BCUT2D eigenvalue weighted by atomic mass is 19.1. The average molecular weight is 287 g/mol. The first-order valence-electron chi connectivity index (χ1n) is 6.87. The number of hydrogen-bond acceptors (Lipinski definition) is 3. The van der Waals surface area contributed by atoms with E-state index in [9.17, 15) is 9.18 Å². The Balaban J connectivity index is 2.06. The summed E-state index contributed by atoms with van der Waals surface area (Å²) in [7, 11) is 0. The highest BCUT2D eigenvalue weighted by Gasteiger charge is 2.08. The fourth-order valence-electron chi connectivity index (χ4n) is 1.91. The van der Waals surface area contributed by atoms with Crippen LogP contribution in [-0.4, -0.2) is 17.4 Å². The molecule has 0 atom stereocenters. The lowest BCUT2D eigenvalue weighted by Crippen LogP contribution is -2.14. The lowest BCUT2D eigenvalue weighted by molar-refractivity contribution is 0.102. The largest absolute Gasteiger partial charge is 0.384 e. The van der Waals surface area contributed by atoms with Gasteiger partial charge in [0, 0.05) is 12.2 Å². The second-order valence-electron chi connectivity index (χ2n) is 4.83. The van der Waals surface area contributed by atoms with Crippen molar-refractivity contribution in [2.24, 2.45) is 0 Å². The number of aromatic nitrogens is 1. The van der Waals surface area contributed by atoms with Gasteiger partial charge in [-0.1, -0.05) is 6.92 Å². The maximum atomic E-state index is 13.3. The van der Waals surface area contributed by atoms with Crippen LogP contribution in [0.2, 0.25) is 0 Å². The van der Waals surface area contributed by atoms with E-state index >= 15 is 0 Å². The molecule has 0 radical (unpaired) electrons. The van der Waals surface area contributed by atoms with E-state index in [1.54, 1.807) is 31.3 Å². The summed E-state index contributed by atoms with van der Waals surface area (Å²) in [6, 6.07) is 7.83. The number of benzene rings is 1. The number of halogens is 1. The molecule has 0 aliphatic rings. The van der Waals surface area contributed by atoms with Gasteiger partial charge in [0.1, 0.15) is 11.5 Å². The first-order chi connectivity index (χ1) is 10.1. The zero-order chi connectivity index (χ0) is 15.2. The summed E-state index contributed by atoms with van der Waals surface area (Å²) in [6.45, 7) is 4.70. The van der Waals surface area contributed by atoms with Crippen LogP contribution >= 0.6 is 0 Å². The van der Waals surface area contributed by atoms with E-state index in [0.717, 1.165) is 24.2 Å². The van der Waals surface area contributed by atoms with Crippen molar-refractivity contribution in [1.82, 2.24) is 4.98 Å². The molecule has 0 aliphatic heterocycles. The number of hydrogen-bond donors (Lipinski definition) is 2. The van der Waals surface area contributed by atoms with Gasteiger partial charge in [0.2, 0.25) is 0 Å². The molecule has 1 aromatic carbocycles. The Morgan fingerprint density at radius 2 is 2.05 bits per heavy atom. The van der Waals surface area contributed by atoms with Crippen LogP contribution in [0.5, 0.6) is 0 Å². The van der Waals surface area contributed by atoms with Crippen LogP contribution in [-0.2, 0) is 0 Å². The van der Waals surface area contributed by atoms with E-state index < -0.39 is 0 Å². The molecule has 0 spiro atoms. The number of nitrogens with zero attached hydrogens (tertiary/aromatic N) is 1. The van der Waals surface area contributed by atoms with Gasteiger partial charge in [-0.25, -0.2) is 9.37 Å². The molecule has 1 heterocycles. The Labute approximate surface area is 123 Å². The zero-order valence-corrected chi connectivity index (χ0v) is 12.1. The number of carbonyl (C=O) groups is 1. The Bertz CT molecular complexity index is 606. The highest BCUT2D eigenvalue weighted by molar-refractivity contribution is 6.02. The molecule has 4 nitrogen and oxygen atoms in total. The van der Waals surface area contributed by atoms with Crippen LogP contribution in [0.25, 0.3) is 0 Å². The van der Waals surface area contributed by atoms with Crippen LogP contribution in [0, 0.1) is 12.7 Å². The van der Waals surface area contributed by atoms with Crippen LogP contribution in [0.1, 0.15) is 29.4 Å². The van der Waals surface area contributed by atoms with Gasteiger partial charge in [-0.3, -0.25) is 4.79 Å². The smallest absolute Gasteiger partial charge is 0.274 e. The average Bonchev–Trinajstić information content (AvgIpc) is 2.44. The molecule has 0 fully saturated rings. The normalized spacial score (nSPS) is 10.2. The molecule has 5 heteroatoms. The number of nitrogens with one attached hydrogen (secondary N) is 2. The first kappa shape index (κ1) is 15.0. The molecule has 0 unspecified atom stereocenters. The number of carbonyl (C=O) groups excluding carboxylic acids is 1. The molecule has 2 aromatic rings. The van der Waals surface area contributed by atoms with Gasteiger partial charge in [0.15, 0.2) is 0 Å². The third-order valence-corrected chi connectivity index (χ3v) is 2.88. The van der Waals surface area contributed by atoms with Crippen molar-refractivity contribution in [3.8, 4) is 0 Å². The second-order valence-corrected chi connectivity index (χ2v) is 4.83. The SMILES string of the molecule is CCCNc1ccc(C(=O)Nc2cc(C)cc(F)c2)nc1. The fraction of sp³-hybridized carbons (Fsp3) is 0.250. The number of amides is 1. The molecule has 0 aliphatic carbocycles. The molecule has 0 saturated carbocycles. The summed E-state index contributed by atoms with van der Waals surface area (Å²) in [5, 5.41) is 5.82. The lowest BCUT2D eigenvalue weighted by Gasteiger charge is -2.07. The topological polar surface area (TPSA) is 54.0 Å². The summed E-state index contributed by atoms with van der Waals surface area (Å²) >= 11 is 0. The molecule has 110 valence electrons. The Morgan fingerprint density at radius 3 is 2.67 bits per heavy atom. The number of rotatable bonds is 5. The summed E-state index contributed by atoms with van der Waals surface area (Å²) in [6.07, 6.45) is 2.63.